The molecule has 0 aliphatic carbocycles. The Hall–Kier alpha value is -4.44. The van der Waals surface area contributed by atoms with Crippen LogP contribution in [0.5, 0.6) is 11.5 Å². The van der Waals surface area contributed by atoms with Crippen molar-refractivity contribution in [3.05, 3.63) is 118 Å². The van der Waals surface area contributed by atoms with Crippen molar-refractivity contribution in [2.24, 2.45) is 0 Å². The Labute approximate surface area is 269 Å². The number of hydrogen-bond acceptors (Lipinski definition) is 6. The van der Waals surface area contributed by atoms with Crippen LogP contribution in [-0.2, 0) is 9.59 Å². The van der Waals surface area contributed by atoms with Crippen molar-refractivity contribution in [3.63, 3.8) is 0 Å². The summed E-state index contributed by atoms with van der Waals surface area (Å²) < 4.78 is 10.9. The van der Waals surface area contributed by atoms with Crippen LogP contribution in [0.3, 0.4) is 0 Å². The number of ether oxygens (including phenoxy) is 2. The molecule has 44 heavy (non-hydrogen) atoms. The molecule has 3 N–H and O–H groups in total. The summed E-state index contributed by atoms with van der Waals surface area (Å²) in [7, 11) is 3.01. The number of hydrogen-bond donors (Lipinski definition) is 3. The van der Waals surface area contributed by atoms with Crippen molar-refractivity contribution >= 4 is 70.1 Å². The van der Waals surface area contributed by atoms with E-state index >= 15 is 0 Å². The maximum atomic E-state index is 13.5. The van der Waals surface area contributed by atoms with E-state index in [0.29, 0.717) is 44.0 Å². The zero-order valence-corrected chi connectivity index (χ0v) is 26.3. The normalized spacial score (nSPS) is 11.7. The number of para-hydroxylation sites is 1. The SMILES string of the molecule is COc1cccc(/C=C(\NC(=O)c2ccccc2)C(=O)Nc2ccc(SC(C)C(=O)Nc3cc(Cl)ccc3Cl)cc2)c1OC. The van der Waals surface area contributed by atoms with E-state index in [1.54, 1.807) is 97.9 Å². The van der Waals surface area contributed by atoms with Crippen LogP contribution in [0.4, 0.5) is 11.4 Å². The number of carbonyl (C=O) groups excluding carboxylic acids is 3. The molecule has 0 heterocycles. The minimum atomic E-state index is -0.550. The van der Waals surface area contributed by atoms with Crippen LogP contribution in [-0.4, -0.2) is 37.2 Å². The molecule has 0 aliphatic heterocycles. The van der Waals surface area contributed by atoms with Crippen molar-refractivity contribution in [3.8, 4) is 11.5 Å². The second kappa shape index (κ2) is 15.3. The fraction of sp³-hybridized carbons (Fsp3) is 0.121. The zero-order chi connectivity index (χ0) is 31.6. The third-order valence-electron chi connectivity index (χ3n) is 6.24. The first kappa shape index (κ1) is 32.5. The average molecular weight is 651 g/mol. The van der Waals surface area contributed by atoms with E-state index in [2.05, 4.69) is 16.0 Å². The first-order valence-electron chi connectivity index (χ1n) is 13.3. The smallest absolute Gasteiger partial charge is 0.272 e. The zero-order valence-electron chi connectivity index (χ0n) is 24.0. The third-order valence-corrected chi connectivity index (χ3v) is 7.92. The predicted octanol–water partition coefficient (Wildman–Crippen LogP) is 7.54. The lowest BCUT2D eigenvalue weighted by molar-refractivity contribution is -0.115. The third kappa shape index (κ3) is 8.57. The maximum absolute atomic E-state index is 13.5. The minimum Gasteiger partial charge on any atom is -0.493 e. The second-order valence-corrected chi connectivity index (χ2v) is 11.6. The Kier molecular flexibility index (Phi) is 11.3. The summed E-state index contributed by atoms with van der Waals surface area (Å²) >= 11 is 13.5. The van der Waals surface area contributed by atoms with Crippen molar-refractivity contribution in [2.75, 3.05) is 24.9 Å². The lowest BCUT2D eigenvalue weighted by Crippen LogP contribution is -2.30. The van der Waals surface area contributed by atoms with Gasteiger partial charge in [0.15, 0.2) is 11.5 Å². The van der Waals surface area contributed by atoms with Gasteiger partial charge >= 0.3 is 0 Å². The minimum absolute atomic E-state index is 0.00572. The average Bonchev–Trinajstić information content (AvgIpc) is 3.03. The van der Waals surface area contributed by atoms with Crippen LogP contribution in [0.15, 0.2) is 102 Å². The molecule has 0 spiro atoms. The highest BCUT2D eigenvalue weighted by molar-refractivity contribution is 8.00. The van der Waals surface area contributed by atoms with Crippen molar-refractivity contribution < 1.29 is 23.9 Å². The van der Waals surface area contributed by atoms with Gasteiger partial charge in [0.2, 0.25) is 5.91 Å². The molecular formula is C33H29Cl2N3O5S. The molecule has 1 unspecified atom stereocenters. The Morgan fingerprint density at radius 1 is 0.841 bits per heavy atom. The lowest BCUT2D eigenvalue weighted by atomic mass is 10.1. The molecule has 226 valence electrons. The molecule has 4 aromatic carbocycles. The summed E-state index contributed by atoms with van der Waals surface area (Å²) in [6, 6.07) is 25.6. The first-order chi connectivity index (χ1) is 21.2. The number of thioether (sulfide) groups is 1. The Morgan fingerprint density at radius 2 is 1.57 bits per heavy atom. The van der Waals surface area contributed by atoms with Crippen LogP contribution >= 0.6 is 35.0 Å². The van der Waals surface area contributed by atoms with Gasteiger partial charge in [-0.1, -0.05) is 53.5 Å². The van der Waals surface area contributed by atoms with Gasteiger partial charge in [0.25, 0.3) is 11.8 Å². The van der Waals surface area contributed by atoms with Crippen LogP contribution in [0.1, 0.15) is 22.8 Å². The van der Waals surface area contributed by atoms with E-state index in [0.717, 1.165) is 4.90 Å². The molecule has 0 bridgehead atoms. The molecule has 0 saturated carbocycles. The topological polar surface area (TPSA) is 106 Å². The van der Waals surface area contributed by atoms with Gasteiger partial charge in [-0.25, -0.2) is 0 Å². The van der Waals surface area contributed by atoms with Crippen molar-refractivity contribution in [1.29, 1.82) is 0 Å². The summed E-state index contributed by atoms with van der Waals surface area (Å²) in [5.41, 5.74) is 1.84. The fourth-order valence-corrected chi connectivity index (χ4v) is 5.23. The van der Waals surface area contributed by atoms with Gasteiger partial charge in [0.1, 0.15) is 5.70 Å². The number of methoxy groups -OCH3 is 2. The van der Waals surface area contributed by atoms with E-state index < -0.39 is 17.1 Å². The van der Waals surface area contributed by atoms with E-state index in [4.69, 9.17) is 32.7 Å². The van der Waals surface area contributed by atoms with Gasteiger partial charge in [0, 0.05) is 26.7 Å². The quantitative estimate of drug-likeness (QED) is 0.114. The van der Waals surface area contributed by atoms with Gasteiger partial charge < -0.3 is 25.4 Å². The number of amides is 3. The Bertz CT molecular complexity index is 1680. The molecular weight excluding hydrogens is 621 g/mol. The highest BCUT2D eigenvalue weighted by Crippen LogP contribution is 2.32. The predicted molar refractivity (Wildman–Crippen MR) is 177 cm³/mol. The molecule has 1 atom stereocenters. The molecule has 4 rings (SSSR count). The summed E-state index contributed by atoms with van der Waals surface area (Å²) in [6.45, 7) is 1.77. The summed E-state index contributed by atoms with van der Waals surface area (Å²) in [5, 5.41) is 8.73. The molecule has 8 nitrogen and oxygen atoms in total. The van der Waals surface area contributed by atoms with E-state index in [-0.39, 0.29) is 11.6 Å². The number of benzene rings is 4. The molecule has 4 aromatic rings. The Morgan fingerprint density at radius 3 is 2.25 bits per heavy atom. The van der Waals surface area contributed by atoms with Crippen LogP contribution in [0, 0.1) is 0 Å². The lowest BCUT2D eigenvalue weighted by Gasteiger charge is -2.15. The van der Waals surface area contributed by atoms with Gasteiger partial charge in [-0.05, 0) is 73.7 Å². The van der Waals surface area contributed by atoms with Crippen LogP contribution in [0.2, 0.25) is 10.0 Å². The van der Waals surface area contributed by atoms with Crippen molar-refractivity contribution in [2.45, 2.75) is 17.1 Å². The van der Waals surface area contributed by atoms with Gasteiger partial charge in [-0.2, -0.15) is 0 Å². The number of halogens is 2. The first-order valence-corrected chi connectivity index (χ1v) is 14.9. The summed E-state index contributed by atoms with van der Waals surface area (Å²) in [4.78, 5) is 40.0. The summed E-state index contributed by atoms with van der Waals surface area (Å²) in [6.07, 6.45) is 1.52. The monoisotopic (exact) mass is 649 g/mol. The highest BCUT2D eigenvalue weighted by atomic mass is 35.5. The fourth-order valence-electron chi connectivity index (χ4n) is 4.02. The van der Waals surface area contributed by atoms with Gasteiger partial charge in [-0.3, -0.25) is 14.4 Å². The van der Waals surface area contributed by atoms with Gasteiger partial charge in [0.05, 0.1) is 30.2 Å². The second-order valence-electron chi connectivity index (χ2n) is 9.31. The van der Waals surface area contributed by atoms with Crippen molar-refractivity contribution in [1.82, 2.24) is 5.32 Å². The number of carbonyl (C=O) groups is 3. The number of nitrogens with one attached hydrogen (secondary N) is 3. The van der Waals surface area contributed by atoms with Crippen LogP contribution < -0.4 is 25.4 Å². The molecule has 0 radical (unpaired) electrons. The maximum Gasteiger partial charge on any atom is 0.272 e. The Balaban J connectivity index is 1.49. The van der Waals surface area contributed by atoms with E-state index in [1.807, 2.05) is 0 Å². The molecule has 11 heteroatoms. The van der Waals surface area contributed by atoms with Gasteiger partial charge in [-0.15, -0.1) is 11.8 Å². The summed E-state index contributed by atoms with van der Waals surface area (Å²) in [5.74, 6) is -0.362. The molecule has 3 amide bonds. The largest absolute Gasteiger partial charge is 0.493 e. The molecule has 0 saturated heterocycles. The highest BCUT2D eigenvalue weighted by Gasteiger charge is 2.19. The number of anilines is 2. The standard InChI is InChI=1S/C33H29Cl2N3O5S/c1-20(31(39)37-27-19-23(34)12-17-26(27)35)44-25-15-13-24(14-16-25)36-33(41)28(38-32(40)21-8-5-4-6-9-21)18-22-10-7-11-29(42-2)30(22)43-3/h4-20H,1-3H3,(H,36,41)(H,37,39)(H,38,40)/b28-18-. The van der Waals surface area contributed by atoms with E-state index in [1.165, 1.54) is 32.1 Å². The van der Waals surface area contributed by atoms with E-state index in [9.17, 15) is 14.4 Å². The molecule has 0 aromatic heterocycles. The number of rotatable bonds is 11. The van der Waals surface area contributed by atoms with Crippen LogP contribution in [0.25, 0.3) is 6.08 Å². The molecule has 0 fully saturated rings. The molecule has 0 aliphatic rings.